The number of rotatable bonds is 70. The van der Waals surface area contributed by atoms with E-state index in [1.165, 1.54) is 173 Å². The summed E-state index contributed by atoms with van der Waals surface area (Å²) in [6, 6.07) is -1.01. The van der Waals surface area contributed by atoms with Gasteiger partial charge in [0.25, 0.3) is 0 Å². The van der Waals surface area contributed by atoms with Crippen molar-refractivity contribution in [1.29, 1.82) is 0 Å². The van der Waals surface area contributed by atoms with Crippen LogP contribution < -0.4 is 5.32 Å². The molecule has 19 heteroatoms. The SMILES string of the molecule is CC/C=C\C/C=C\C/C=C\C/C=C\C/C=C\C/C=C\C/C=C\C/C=C\CCCCCCCCCCC(=O)NC(COC1OC(CO)C(OC2OC(CO)C(OC3OC(CO)C(O)C(O)C3O)C(O)C2O)C(O)C1O)C(O)/C=C/CC/C=C/CCCCCCCCCCCCCCCCCCCCCCCCCCCCC. The van der Waals surface area contributed by atoms with Crippen molar-refractivity contribution >= 4 is 5.91 Å². The van der Waals surface area contributed by atoms with Gasteiger partial charge in [-0.1, -0.05) is 341 Å². The van der Waals surface area contributed by atoms with Crippen LogP contribution in [-0.2, 0) is 33.2 Å². The molecule has 3 heterocycles. The molecular formula is C92H159NO18. The average molecular weight is 1570 g/mol. The number of aliphatic hydroxyl groups is 11. The van der Waals surface area contributed by atoms with E-state index in [4.69, 9.17) is 28.4 Å². The molecule has 3 aliphatic rings. The van der Waals surface area contributed by atoms with E-state index < -0.39 is 124 Å². The molecule has 0 bridgehead atoms. The number of hydrogen-bond acceptors (Lipinski definition) is 18. The monoisotopic (exact) mass is 1570 g/mol. The third-order valence-electron chi connectivity index (χ3n) is 21.2. The molecule has 17 unspecified atom stereocenters. The number of carbonyl (C=O) groups is 1. The summed E-state index contributed by atoms with van der Waals surface area (Å²) < 4.78 is 34.5. The van der Waals surface area contributed by atoms with Crippen LogP contribution in [0.2, 0.25) is 0 Å². The standard InChI is InChI=1S/C92H159NO18/c1-3-5-7-9-11-13-15-17-19-21-23-25-27-29-31-33-35-37-39-41-43-45-47-49-51-53-55-57-59-61-63-65-67-69-76(97)75(74-106-90-86(104)83(101)88(78(72-95)108-90)111-92-87(105)84(102)89(79(73-96)109-92)110-91-85(103)82(100)81(99)77(71-94)107-91)93-80(98)70-68-66-64-62-60-58-56-54-52-50-48-46-44-42-40-38-36-34-32-30-28-26-24-22-20-18-16-14-12-10-8-6-4-2/h6,8,12,14,18,20,24,26,30,32,36,38,42,44,48,50,59,61,67,69,75-79,81-92,94-97,99-105H,3-5,7,9-11,13,15-17,19,21-23,25,27-29,31,33-35,37,39-41,43,45-47,49,51-58,60,62-66,68,70-74H2,1-2H3,(H,93,98)/b8-6-,14-12-,20-18-,26-24-,32-30-,38-36-,44-42-,50-48-,61-59+,69-67+. The molecule has 0 aliphatic carbocycles. The quantitative estimate of drug-likeness (QED) is 0.0199. The normalized spacial score (nSPS) is 25.6. The van der Waals surface area contributed by atoms with Gasteiger partial charge in [-0.2, -0.15) is 0 Å². The van der Waals surface area contributed by atoms with Crippen molar-refractivity contribution in [2.24, 2.45) is 0 Å². The Kier molecular flexibility index (Phi) is 64.3. The minimum Gasteiger partial charge on any atom is -0.394 e. The summed E-state index contributed by atoms with van der Waals surface area (Å²) in [6.07, 6.45) is 73.4. The Morgan fingerprint density at radius 2 is 0.631 bits per heavy atom. The molecule has 3 rings (SSSR count). The first kappa shape index (κ1) is 101. The molecule has 0 spiro atoms. The predicted octanol–water partition coefficient (Wildman–Crippen LogP) is 16.6. The Labute approximate surface area is 671 Å². The highest BCUT2D eigenvalue weighted by Crippen LogP contribution is 2.33. The van der Waals surface area contributed by atoms with Crippen LogP contribution in [0.15, 0.2) is 122 Å². The van der Waals surface area contributed by atoms with Crippen LogP contribution in [-0.4, -0.2) is 193 Å². The fourth-order valence-electron chi connectivity index (χ4n) is 14.2. The Bertz CT molecular complexity index is 2480. The van der Waals surface area contributed by atoms with Gasteiger partial charge in [0.05, 0.1) is 38.6 Å². The van der Waals surface area contributed by atoms with Gasteiger partial charge >= 0.3 is 0 Å². The number of carbonyl (C=O) groups excluding carboxylic acids is 1. The number of amides is 1. The number of hydrogen-bond donors (Lipinski definition) is 12. The van der Waals surface area contributed by atoms with Gasteiger partial charge in [0.1, 0.15) is 73.2 Å². The minimum absolute atomic E-state index is 0.218. The van der Waals surface area contributed by atoms with Crippen molar-refractivity contribution in [2.45, 2.75) is 426 Å². The molecule has 640 valence electrons. The summed E-state index contributed by atoms with van der Waals surface area (Å²) >= 11 is 0. The van der Waals surface area contributed by atoms with E-state index in [0.29, 0.717) is 12.8 Å². The van der Waals surface area contributed by atoms with E-state index in [2.05, 4.69) is 129 Å². The Hall–Kier alpha value is -3.81. The first-order valence-corrected chi connectivity index (χ1v) is 44.3. The lowest BCUT2D eigenvalue weighted by Gasteiger charge is -2.48. The van der Waals surface area contributed by atoms with Crippen LogP contribution >= 0.6 is 0 Å². The maximum atomic E-state index is 13.5. The van der Waals surface area contributed by atoms with Crippen LogP contribution in [0.25, 0.3) is 0 Å². The Morgan fingerprint density at radius 3 is 1.01 bits per heavy atom. The zero-order valence-corrected chi connectivity index (χ0v) is 68.9. The van der Waals surface area contributed by atoms with Crippen LogP contribution in [0.5, 0.6) is 0 Å². The fourth-order valence-corrected chi connectivity index (χ4v) is 14.2. The molecule has 3 saturated heterocycles. The van der Waals surface area contributed by atoms with Gasteiger partial charge in [0, 0.05) is 6.42 Å². The van der Waals surface area contributed by atoms with E-state index in [1.807, 2.05) is 6.08 Å². The number of allylic oxidation sites excluding steroid dienone is 19. The van der Waals surface area contributed by atoms with Crippen molar-refractivity contribution in [1.82, 2.24) is 5.32 Å². The maximum absolute atomic E-state index is 13.5. The van der Waals surface area contributed by atoms with Crippen molar-refractivity contribution in [3.05, 3.63) is 122 Å². The summed E-state index contributed by atoms with van der Waals surface area (Å²) in [5.41, 5.74) is 0. The minimum atomic E-state index is -1.99. The van der Waals surface area contributed by atoms with Crippen LogP contribution in [0.3, 0.4) is 0 Å². The summed E-state index contributed by atoms with van der Waals surface area (Å²) in [7, 11) is 0. The molecule has 17 atom stereocenters. The largest absolute Gasteiger partial charge is 0.394 e. The topological polar surface area (TPSA) is 307 Å². The van der Waals surface area contributed by atoms with E-state index in [1.54, 1.807) is 6.08 Å². The molecule has 1 amide bonds. The van der Waals surface area contributed by atoms with Gasteiger partial charge in [-0.15, -0.1) is 0 Å². The summed E-state index contributed by atoms with van der Waals surface area (Å²) in [4.78, 5) is 13.5. The maximum Gasteiger partial charge on any atom is 0.220 e. The molecular weight excluding hydrogens is 1410 g/mol. The lowest BCUT2D eigenvalue weighted by atomic mass is 9.96. The van der Waals surface area contributed by atoms with Gasteiger partial charge in [-0.25, -0.2) is 0 Å². The summed E-state index contributed by atoms with van der Waals surface area (Å²) in [6.45, 7) is 1.62. The van der Waals surface area contributed by atoms with Gasteiger partial charge in [-0.3, -0.25) is 4.79 Å². The van der Waals surface area contributed by atoms with E-state index in [9.17, 15) is 61.0 Å². The molecule has 111 heavy (non-hydrogen) atoms. The van der Waals surface area contributed by atoms with Gasteiger partial charge in [0.15, 0.2) is 18.9 Å². The molecule has 19 nitrogen and oxygen atoms in total. The van der Waals surface area contributed by atoms with Crippen LogP contribution in [0.1, 0.15) is 322 Å². The molecule has 0 saturated carbocycles. The van der Waals surface area contributed by atoms with E-state index in [-0.39, 0.29) is 18.9 Å². The Balaban J connectivity index is 1.36. The third-order valence-corrected chi connectivity index (χ3v) is 21.2. The second-order valence-corrected chi connectivity index (χ2v) is 31.0. The van der Waals surface area contributed by atoms with Crippen LogP contribution in [0.4, 0.5) is 0 Å². The first-order valence-electron chi connectivity index (χ1n) is 44.3. The average Bonchev–Trinajstić information content (AvgIpc) is 0.780. The molecule has 0 aromatic heterocycles. The Morgan fingerprint density at radius 1 is 0.333 bits per heavy atom. The van der Waals surface area contributed by atoms with Gasteiger partial charge < -0.3 is 89.9 Å². The molecule has 12 N–H and O–H groups in total. The lowest BCUT2D eigenvalue weighted by Crippen LogP contribution is -2.66. The second-order valence-electron chi connectivity index (χ2n) is 31.0. The second kappa shape index (κ2) is 70.4. The number of nitrogens with one attached hydrogen (secondary N) is 1. The smallest absolute Gasteiger partial charge is 0.220 e. The highest BCUT2D eigenvalue weighted by atomic mass is 16.8. The molecule has 0 aromatic rings. The zero-order chi connectivity index (χ0) is 80.3. The number of unbranched alkanes of at least 4 members (excludes halogenated alkanes) is 36. The van der Waals surface area contributed by atoms with Crippen molar-refractivity contribution in [3.63, 3.8) is 0 Å². The predicted molar refractivity (Wildman–Crippen MR) is 447 cm³/mol. The molecule has 0 aromatic carbocycles. The lowest BCUT2D eigenvalue weighted by molar-refractivity contribution is -0.379. The molecule has 3 fully saturated rings. The van der Waals surface area contributed by atoms with Crippen molar-refractivity contribution in [3.8, 4) is 0 Å². The fraction of sp³-hybridized carbons (Fsp3) is 0.772. The van der Waals surface area contributed by atoms with Crippen molar-refractivity contribution in [2.75, 3.05) is 26.4 Å². The summed E-state index contributed by atoms with van der Waals surface area (Å²) in [5, 5.41) is 121. The third kappa shape index (κ3) is 49.1. The highest BCUT2D eigenvalue weighted by Gasteiger charge is 2.54. The zero-order valence-electron chi connectivity index (χ0n) is 68.9. The van der Waals surface area contributed by atoms with Crippen molar-refractivity contribution < 1.29 is 89.4 Å². The highest BCUT2D eigenvalue weighted by molar-refractivity contribution is 5.76. The molecule has 0 radical (unpaired) electrons. The number of aliphatic hydroxyl groups excluding tert-OH is 11. The van der Waals surface area contributed by atoms with Gasteiger partial charge in [0.2, 0.25) is 5.91 Å². The molecule has 3 aliphatic heterocycles. The van der Waals surface area contributed by atoms with E-state index >= 15 is 0 Å². The van der Waals surface area contributed by atoms with Crippen LogP contribution in [0, 0.1) is 0 Å². The van der Waals surface area contributed by atoms with Gasteiger partial charge in [-0.05, 0) is 96.3 Å². The van der Waals surface area contributed by atoms with E-state index in [0.717, 1.165) is 116 Å². The number of ether oxygens (including phenoxy) is 6. The first-order chi connectivity index (χ1) is 54.3. The summed E-state index contributed by atoms with van der Waals surface area (Å²) in [5.74, 6) is -0.296.